The van der Waals surface area contributed by atoms with Crippen molar-refractivity contribution in [2.24, 2.45) is 10.2 Å². The van der Waals surface area contributed by atoms with E-state index in [1.807, 2.05) is 37.3 Å². The van der Waals surface area contributed by atoms with Crippen LogP contribution in [-0.2, 0) is 0 Å². The van der Waals surface area contributed by atoms with Crippen LogP contribution in [0.2, 0.25) is 10.0 Å². The number of azo groups is 1. The Kier molecular flexibility index (Phi) is 4.01. The molecule has 0 bridgehead atoms. The fourth-order valence-electron chi connectivity index (χ4n) is 2.17. The zero-order chi connectivity index (χ0) is 15.7. The van der Waals surface area contributed by atoms with E-state index in [1.165, 1.54) is 0 Å². The van der Waals surface area contributed by atoms with Gasteiger partial charge in [0, 0.05) is 10.4 Å². The lowest BCUT2D eigenvalue weighted by Crippen LogP contribution is -1.77. The van der Waals surface area contributed by atoms with E-state index in [0.29, 0.717) is 21.4 Å². The second kappa shape index (κ2) is 5.95. The lowest BCUT2D eigenvalue weighted by Gasteiger charge is -2.05. The molecule has 3 nitrogen and oxygen atoms in total. The number of halogens is 2. The fraction of sp³-hybridized carbons (Fsp3) is 0.0588. The van der Waals surface area contributed by atoms with E-state index in [-0.39, 0.29) is 5.75 Å². The smallest absolute Gasteiger partial charge is 0.143 e. The molecule has 0 aromatic heterocycles. The molecule has 22 heavy (non-hydrogen) atoms. The molecule has 0 aliphatic heterocycles. The van der Waals surface area contributed by atoms with Gasteiger partial charge in [0.15, 0.2) is 0 Å². The molecule has 1 N–H and O–H groups in total. The molecule has 0 spiro atoms. The van der Waals surface area contributed by atoms with Crippen molar-refractivity contribution in [3.8, 4) is 5.75 Å². The van der Waals surface area contributed by atoms with Gasteiger partial charge < -0.3 is 5.11 Å². The molecule has 0 amide bonds. The summed E-state index contributed by atoms with van der Waals surface area (Å²) in [5, 5.41) is 21.2. The first-order valence-corrected chi connectivity index (χ1v) is 7.40. The molecule has 0 saturated carbocycles. The van der Waals surface area contributed by atoms with Gasteiger partial charge in [-0.1, -0.05) is 53.5 Å². The van der Waals surface area contributed by atoms with Crippen molar-refractivity contribution >= 4 is 45.3 Å². The summed E-state index contributed by atoms with van der Waals surface area (Å²) in [7, 11) is 0. The van der Waals surface area contributed by atoms with Crippen LogP contribution in [0.1, 0.15) is 5.56 Å². The number of nitrogens with zero attached hydrogens (tertiary/aromatic N) is 2. The lowest BCUT2D eigenvalue weighted by atomic mass is 10.1. The largest absolute Gasteiger partial charge is 0.506 e. The molecule has 0 aliphatic carbocycles. The summed E-state index contributed by atoms with van der Waals surface area (Å²) < 4.78 is 0. The van der Waals surface area contributed by atoms with Gasteiger partial charge in [0.2, 0.25) is 0 Å². The Morgan fingerprint density at radius 3 is 2.50 bits per heavy atom. The standard InChI is InChI=1S/C17H12Cl2N2O/c1-10-8-14(19)15(9-13(10)18)20-21-17-12-5-3-2-4-11(12)6-7-16(17)22/h2-9,22H,1H3. The molecular formula is C17H12Cl2N2O. The average Bonchev–Trinajstić information content (AvgIpc) is 2.51. The zero-order valence-corrected chi connectivity index (χ0v) is 13.2. The normalized spacial score (nSPS) is 11.4. The molecular weight excluding hydrogens is 319 g/mol. The van der Waals surface area contributed by atoms with Gasteiger partial charge in [-0.3, -0.25) is 0 Å². The van der Waals surface area contributed by atoms with Crippen LogP contribution in [0.15, 0.2) is 58.8 Å². The van der Waals surface area contributed by atoms with Gasteiger partial charge in [-0.05, 0) is 36.1 Å². The summed E-state index contributed by atoms with van der Waals surface area (Å²) in [5.41, 5.74) is 1.74. The van der Waals surface area contributed by atoms with Crippen molar-refractivity contribution in [2.45, 2.75) is 6.92 Å². The van der Waals surface area contributed by atoms with Crippen molar-refractivity contribution in [3.63, 3.8) is 0 Å². The maximum absolute atomic E-state index is 10.0. The number of hydrogen-bond acceptors (Lipinski definition) is 3. The van der Waals surface area contributed by atoms with Crippen molar-refractivity contribution in [3.05, 3.63) is 64.1 Å². The Morgan fingerprint density at radius 1 is 0.909 bits per heavy atom. The highest BCUT2D eigenvalue weighted by Crippen LogP contribution is 2.37. The van der Waals surface area contributed by atoms with Crippen molar-refractivity contribution in [2.75, 3.05) is 0 Å². The summed E-state index contributed by atoms with van der Waals surface area (Å²) in [6, 6.07) is 14.5. The quantitative estimate of drug-likeness (QED) is 0.530. The van der Waals surface area contributed by atoms with Crippen LogP contribution in [0.4, 0.5) is 11.4 Å². The predicted molar refractivity (Wildman–Crippen MR) is 91.0 cm³/mol. The summed E-state index contributed by atoms with van der Waals surface area (Å²) >= 11 is 12.2. The number of aromatic hydroxyl groups is 1. The Balaban J connectivity index is 2.10. The van der Waals surface area contributed by atoms with E-state index in [1.54, 1.807) is 18.2 Å². The number of hydrogen-bond donors (Lipinski definition) is 1. The van der Waals surface area contributed by atoms with E-state index in [0.717, 1.165) is 16.3 Å². The predicted octanol–water partition coefficient (Wildman–Crippen LogP) is 6.58. The third kappa shape index (κ3) is 2.78. The van der Waals surface area contributed by atoms with Crippen LogP contribution in [0.25, 0.3) is 10.8 Å². The van der Waals surface area contributed by atoms with Gasteiger partial charge in [0.25, 0.3) is 0 Å². The van der Waals surface area contributed by atoms with Gasteiger partial charge in [-0.15, -0.1) is 10.2 Å². The van der Waals surface area contributed by atoms with Crippen LogP contribution >= 0.6 is 23.2 Å². The second-order valence-corrected chi connectivity index (χ2v) is 5.72. The number of rotatable bonds is 2. The van der Waals surface area contributed by atoms with E-state index < -0.39 is 0 Å². The van der Waals surface area contributed by atoms with Gasteiger partial charge in [0.1, 0.15) is 17.1 Å². The molecule has 0 saturated heterocycles. The lowest BCUT2D eigenvalue weighted by molar-refractivity contribution is 0.477. The number of aryl methyl sites for hydroxylation is 1. The minimum Gasteiger partial charge on any atom is -0.506 e. The van der Waals surface area contributed by atoms with Crippen LogP contribution < -0.4 is 0 Å². The SMILES string of the molecule is Cc1cc(Cl)c(N=Nc2c(O)ccc3ccccc23)cc1Cl. The van der Waals surface area contributed by atoms with Gasteiger partial charge in [-0.25, -0.2) is 0 Å². The molecule has 0 radical (unpaired) electrons. The van der Waals surface area contributed by atoms with Crippen molar-refractivity contribution < 1.29 is 5.11 Å². The van der Waals surface area contributed by atoms with Crippen molar-refractivity contribution in [1.82, 2.24) is 0 Å². The van der Waals surface area contributed by atoms with E-state index in [4.69, 9.17) is 23.2 Å². The first-order chi connectivity index (χ1) is 10.6. The van der Waals surface area contributed by atoms with Gasteiger partial charge in [0.05, 0.1) is 5.02 Å². The molecule has 0 unspecified atom stereocenters. The Hall–Kier alpha value is -2.10. The molecule has 3 aromatic rings. The first-order valence-electron chi connectivity index (χ1n) is 6.64. The minimum atomic E-state index is 0.0665. The number of phenols is 1. The molecule has 0 heterocycles. The summed E-state index contributed by atoms with van der Waals surface area (Å²) in [6.07, 6.45) is 0. The molecule has 110 valence electrons. The van der Waals surface area contributed by atoms with Crippen LogP contribution in [0.3, 0.4) is 0 Å². The van der Waals surface area contributed by atoms with Gasteiger partial charge >= 0.3 is 0 Å². The summed E-state index contributed by atoms with van der Waals surface area (Å²) in [4.78, 5) is 0. The van der Waals surface area contributed by atoms with E-state index in [9.17, 15) is 5.11 Å². The first kappa shape index (κ1) is 14.8. The van der Waals surface area contributed by atoms with Crippen LogP contribution in [-0.4, -0.2) is 5.11 Å². The highest BCUT2D eigenvalue weighted by Gasteiger charge is 2.07. The summed E-state index contributed by atoms with van der Waals surface area (Å²) in [5.74, 6) is 0.0665. The number of phenolic OH excluding ortho intramolecular Hbond substituents is 1. The highest BCUT2D eigenvalue weighted by atomic mass is 35.5. The molecule has 0 atom stereocenters. The molecule has 3 aromatic carbocycles. The molecule has 0 fully saturated rings. The highest BCUT2D eigenvalue weighted by molar-refractivity contribution is 6.35. The molecule has 3 rings (SSSR count). The molecule has 5 heteroatoms. The zero-order valence-electron chi connectivity index (χ0n) is 11.7. The Morgan fingerprint density at radius 2 is 1.68 bits per heavy atom. The fourth-order valence-corrected chi connectivity index (χ4v) is 2.58. The Labute approximate surface area is 137 Å². The van der Waals surface area contributed by atoms with Crippen molar-refractivity contribution in [1.29, 1.82) is 0 Å². The second-order valence-electron chi connectivity index (χ2n) is 4.91. The Bertz CT molecular complexity index is 891. The van der Waals surface area contributed by atoms with Crippen LogP contribution in [0.5, 0.6) is 5.75 Å². The van der Waals surface area contributed by atoms with E-state index in [2.05, 4.69) is 10.2 Å². The number of fused-ring (bicyclic) bond motifs is 1. The van der Waals surface area contributed by atoms with Gasteiger partial charge in [-0.2, -0.15) is 0 Å². The average molecular weight is 331 g/mol. The topological polar surface area (TPSA) is 45.0 Å². The third-order valence-electron chi connectivity index (χ3n) is 3.37. The number of benzene rings is 3. The third-order valence-corrected chi connectivity index (χ3v) is 4.08. The molecule has 0 aliphatic rings. The van der Waals surface area contributed by atoms with E-state index >= 15 is 0 Å². The minimum absolute atomic E-state index is 0.0665. The van der Waals surface area contributed by atoms with Crippen LogP contribution in [0, 0.1) is 6.92 Å². The summed E-state index contributed by atoms with van der Waals surface area (Å²) in [6.45, 7) is 1.87. The maximum atomic E-state index is 10.0. The monoisotopic (exact) mass is 330 g/mol. The maximum Gasteiger partial charge on any atom is 0.143 e.